The average Bonchev–Trinajstić information content (AvgIpc) is 2.81. The van der Waals surface area contributed by atoms with E-state index in [4.69, 9.17) is 11.6 Å². The number of carbonyl (C=O) groups is 1. The number of amides is 1. The Labute approximate surface area is 114 Å². The number of hydrogen-bond donors (Lipinski definition) is 0. The molecule has 0 bridgehead atoms. The third-order valence-corrected chi connectivity index (χ3v) is 3.63. The molecule has 90 valence electrons. The van der Waals surface area contributed by atoms with Gasteiger partial charge in [0, 0.05) is 11.0 Å². The maximum absolute atomic E-state index is 11.5. The standard InChI is InChI=1S/C13H13BrClNO/c14-11-7-5-10(6-8-11)9-16(13(15)17)12-3-1-2-4-12/h1,3,5-8,12H,2,4,9H2. The van der Waals surface area contributed by atoms with E-state index < -0.39 is 0 Å². The molecule has 4 heteroatoms. The quantitative estimate of drug-likeness (QED) is 0.462. The molecule has 1 aromatic carbocycles. The van der Waals surface area contributed by atoms with Crippen LogP contribution in [0.4, 0.5) is 4.79 Å². The topological polar surface area (TPSA) is 20.3 Å². The van der Waals surface area contributed by atoms with Crippen molar-refractivity contribution in [3.8, 4) is 0 Å². The summed E-state index contributed by atoms with van der Waals surface area (Å²) in [6, 6.07) is 8.07. The summed E-state index contributed by atoms with van der Waals surface area (Å²) >= 11 is 9.04. The number of halogens is 2. The van der Waals surface area contributed by atoms with Crippen molar-refractivity contribution < 1.29 is 4.79 Å². The van der Waals surface area contributed by atoms with Gasteiger partial charge in [0.1, 0.15) is 0 Å². The first kappa shape index (κ1) is 12.7. The summed E-state index contributed by atoms with van der Waals surface area (Å²) in [5.41, 5.74) is 1.09. The van der Waals surface area contributed by atoms with Gasteiger partial charge < -0.3 is 4.90 Å². The summed E-state index contributed by atoms with van der Waals surface area (Å²) in [4.78, 5) is 13.2. The van der Waals surface area contributed by atoms with Gasteiger partial charge in [-0.2, -0.15) is 0 Å². The van der Waals surface area contributed by atoms with Gasteiger partial charge in [-0.1, -0.05) is 40.2 Å². The van der Waals surface area contributed by atoms with Crippen molar-refractivity contribution >= 4 is 32.9 Å². The van der Waals surface area contributed by atoms with Crippen LogP contribution in [0, 0.1) is 0 Å². The van der Waals surface area contributed by atoms with E-state index in [2.05, 4.69) is 28.1 Å². The molecule has 0 spiro atoms. The second-order valence-corrected chi connectivity index (χ2v) is 5.32. The Morgan fingerprint density at radius 3 is 2.65 bits per heavy atom. The van der Waals surface area contributed by atoms with Gasteiger partial charge in [0.2, 0.25) is 0 Å². The molecular weight excluding hydrogens is 302 g/mol. The Kier molecular flexibility index (Phi) is 4.24. The Morgan fingerprint density at radius 1 is 1.41 bits per heavy atom. The number of allylic oxidation sites excluding steroid dienone is 1. The fourth-order valence-electron chi connectivity index (χ4n) is 1.97. The minimum Gasteiger partial charge on any atom is -0.318 e. The van der Waals surface area contributed by atoms with Crippen LogP contribution in [-0.2, 0) is 6.54 Å². The van der Waals surface area contributed by atoms with Crippen molar-refractivity contribution in [2.24, 2.45) is 0 Å². The predicted molar refractivity (Wildman–Crippen MR) is 73.1 cm³/mol. The molecule has 0 N–H and O–H groups in total. The Bertz CT molecular complexity index is 430. The maximum Gasteiger partial charge on any atom is 0.317 e. The van der Waals surface area contributed by atoms with Gasteiger partial charge in [-0.3, -0.25) is 4.79 Å². The van der Waals surface area contributed by atoms with E-state index in [0.29, 0.717) is 6.54 Å². The monoisotopic (exact) mass is 313 g/mol. The van der Waals surface area contributed by atoms with Crippen LogP contribution in [0.15, 0.2) is 40.9 Å². The fraction of sp³-hybridized carbons (Fsp3) is 0.308. The van der Waals surface area contributed by atoms with Crippen LogP contribution in [0.5, 0.6) is 0 Å². The van der Waals surface area contributed by atoms with Crippen LogP contribution in [0.3, 0.4) is 0 Å². The predicted octanol–water partition coefficient (Wildman–Crippen LogP) is 4.33. The molecule has 0 heterocycles. The SMILES string of the molecule is O=C(Cl)N(Cc1ccc(Br)cc1)C1C=CCC1. The molecule has 0 fully saturated rings. The number of benzene rings is 1. The van der Waals surface area contributed by atoms with Crippen molar-refractivity contribution in [3.63, 3.8) is 0 Å². The Morgan fingerprint density at radius 2 is 2.12 bits per heavy atom. The van der Waals surface area contributed by atoms with Gasteiger partial charge in [-0.25, -0.2) is 0 Å². The number of carbonyl (C=O) groups excluding carboxylic acids is 1. The van der Waals surface area contributed by atoms with Crippen molar-refractivity contribution in [2.75, 3.05) is 0 Å². The van der Waals surface area contributed by atoms with E-state index in [0.717, 1.165) is 22.9 Å². The zero-order valence-electron chi connectivity index (χ0n) is 9.27. The van der Waals surface area contributed by atoms with Gasteiger partial charge in [0.05, 0.1) is 6.04 Å². The van der Waals surface area contributed by atoms with E-state index in [1.807, 2.05) is 24.3 Å². The lowest BCUT2D eigenvalue weighted by atomic mass is 10.1. The van der Waals surface area contributed by atoms with Gasteiger partial charge in [-0.15, -0.1) is 0 Å². The molecule has 0 aromatic heterocycles. The van der Waals surface area contributed by atoms with Crippen molar-refractivity contribution in [2.45, 2.75) is 25.4 Å². The molecule has 0 saturated carbocycles. The Hall–Kier alpha value is -0.800. The van der Waals surface area contributed by atoms with Gasteiger partial charge >= 0.3 is 5.37 Å². The van der Waals surface area contributed by atoms with Gasteiger partial charge in [-0.05, 0) is 42.1 Å². The lowest BCUT2D eigenvalue weighted by molar-refractivity contribution is 0.206. The molecule has 17 heavy (non-hydrogen) atoms. The number of hydrogen-bond acceptors (Lipinski definition) is 1. The molecule has 0 radical (unpaired) electrons. The lowest BCUT2D eigenvalue weighted by Gasteiger charge is -2.25. The molecule has 1 unspecified atom stereocenters. The van der Waals surface area contributed by atoms with E-state index >= 15 is 0 Å². The first-order valence-corrected chi connectivity index (χ1v) is 6.71. The third kappa shape index (κ3) is 3.33. The molecule has 0 saturated heterocycles. The first-order valence-electron chi connectivity index (χ1n) is 5.54. The maximum atomic E-state index is 11.5. The smallest absolute Gasteiger partial charge is 0.317 e. The van der Waals surface area contributed by atoms with Crippen molar-refractivity contribution in [1.82, 2.24) is 4.90 Å². The summed E-state index contributed by atoms with van der Waals surface area (Å²) in [5.74, 6) is 0. The van der Waals surface area contributed by atoms with Crippen LogP contribution in [0.25, 0.3) is 0 Å². The lowest BCUT2D eigenvalue weighted by Crippen LogP contribution is -2.34. The second kappa shape index (κ2) is 5.69. The first-order chi connectivity index (χ1) is 8.16. The largest absolute Gasteiger partial charge is 0.318 e. The number of rotatable bonds is 3. The molecule has 1 aromatic rings. The second-order valence-electron chi connectivity index (χ2n) is 4.08. The zero-order chi connectivity index (χ0) is 12.3. The van der Waals surface area contributed by atoms with Gasteiger partial charge in [0.25, 0.3) is 0 Å². The highest BCUT2D eigenvalue weighted by Gasteiger charge is 2.22. The Balaban J connectivity index is 2.09. The molecule has 2 nitrogen and oxygen atoms in total. The van der Waals surface area contributed by atoms with E-state index in [1.165, 1.54) is 0 Å². The molecule has 1 aliphatic rings. The summed E-state index contributed by atoms with van der Waals surface area (Å²) < 4.78 is 1.03. The van der Waals surface area contributed by atoms with E-state index in [-0.39, 0.29) is 11.4 Å². The summed E-state index contributed by atoms with van der Waals surface area (Å²) in [6.45, 7) is 0.560. The van der Waals surface area contributed by atoms with Crippen LogP contribution < -0.4 is 0 Å². The highest BCUT2D eigenvalue weighted by Crippen LogP contribution is 2.21. The highest BCUT2D eigenvalue weighted by molar-refractivity contribution is 9.10. The van der Waals surface area contributed by atoms with Crippen LogP contribution in [0.1, 0.15) is 18.4 Å². The fourth-order valence-corrected chi connectivity index (χ4v) is 2.42. The van der Waals surface area contributed by atoms with Crippen molar-refractivity contribution in [1.29, 1.82) is 0 Å². The normalized spacial score (nSPS) is 18.4. The molecule has 0 aliphatic heterocycles. The number of nitrogens with zero attached hydrogens (tertiary/aromatic N) is 1. The van der Waals surface area contributed by atoms with Crippen LogP contribution in [-0.4, -0.2) is 16.3 Å². The molecular formula is C13H13BrClNO. The minimum absolute atomic E-state index is 0.142. The van der Waals surface area contributed by atoms with E-state index in [1.54, 1.807) is 4.90 Å². The van der Waals surface area contributed by atoms with Crippen LogP contribution >= 0.6 is 27.5 Å². The molecule has 1 amide bonds. The van der Waals surface area contributed by atoms with E-state index in [9.17, 15) is 4.79 Å². The summed E-state index contributed by atoms with van der Waals surface area (Å²) in [6.07, 6.45) is 6.14. The van der Waals surface area contributed by atoms with Gasteiger partial charge in [0.15, 0.2) is 0 Å². The zero-order valence-corrected chi connectivity index (χ0v) is 11.6. The highest BCUT2D eigenvalue weighted by atomic mass is 79.9. The molecule has 2 rings (SSSR count). The minimum atomic E-state index is -0.385. The summed E-state index contributed by atoms with van der Waals surface area (Å²) in [7, 11) is 0. The molecule has 1 atom stereocenters. The molecule has 1 aliphatic carbocycles. The summed E-state index contributed by atoms with van der Waals surface area (Å²) in [5, 5.41) is -0.385. The third-order valence-electron chi connectivity index (χ3n) is 2.88. The van der Waals surface area contributed by atoms with Crippen molar-refractivity contribution in [3.05, 3.63) is 46.5 Å². The average molecular weight is 315 g/mol. The van der Waals surface area contributed by atoms with Crippen LogP contribution in [0.2, 0.25) is 0 Å².